The van der Waals surface area contributed by atoms with Crippen LogP contribution in [0, 0.1) is 0 Å². The molecule has 2 aromatic carbocycles. The first-order chi connectivity index (χ1) is 11.7. The van der Waals surface area contributed by atoms with Crippen LogP contribution < -0.4 is 10.6 Å². The van der Waals surface area contributed by atoms with E-state index in [1.54, 1.807) is 0 Å². The second kappa shape index (κ2) is 10.7. The molecule has 4 nitrogen and oxygen atoms in total. The Morgan fingerprint density at radius 1 is 0.917 bits per heavy atom. The van der Waals surface area contributed by atoms with Crippen molar-refractivity contribution in [2.24, 2.45) is 0 Å². The van der Waals surface area contributed by atoms with E-state index in [0.29, 0.717) is 31.3 Å². The van der Waals surface area contributed by atoms with Crippen molar-refractivity contribution in [3.8, 4) is 0 Å². The van der Waals surface area contributed by atoms with Gasteiger partial charge in [-0.1, -0.05) is 54.1 Å². The first-order valence-corrected chi connectivity index (χ1v) is 8.49. The maximum Gasteiger partial charge on any atom is 0.315 e. The zero-order valence-corrected chi connectivity index (χ0v) is 14.4. The quantitative estimate of drug-likeness (QED) is 0.679. The lowest BCUT2D eigenvalue weighted by atomic mass is 10.2. The number of amides is 2. The Hall–Kier alpha value is -2.04. The van der Waals surface area contributed by atoms with Crippen LogP contribution in [-0.4, -0.2) is 25.8 Å². The van der Waals surface area contributed by atoms with Crippen LogP contribution in [0.1, 0.15) is 17.5 Å². The van der Waals surface area contributed by atoms with E-state index in [1.807, 2.05) is 42.5 Å². The lowest BCUT2D eigenvalue weighted by molar-refractivity contribution is 0.135. The van der Waals surface area contributed by atoms with Crippen molar-refractivity contribution in [2.75, 3.05) is 19.8 Å². The van der Waals surface area contributed by atoms with Gasteiger partial charge in [0.25, 0.3) is 0 Å². The zero-order valence-electron chi connectivity index (χ0n) is 13.6. The zero-order chi connectivity index (χ0) is 17.0. The predicted octanol–water partition coefficient (Wildman–Crippen LogP) is 3.79. The summed E-state index contributed by atoms with van der Waals surface area (Å²) in [5.41, 5.74) is 2.29. The van der Waals surface area contributed by atoms with Crippen LogP contribution in [0.2, 0.25) is 5.02 Å². The second-order valence-electron chi connectivity index (χ2n) is 5.44. The minimum atomic E-state index is -0.172. The number of rotatable bonds is 9. The van der Waals surface area contributed by atoms with Crippen LogP contribution in [0.4, 0.5) is 4.79 Å². The Balaban J connectivity index is 1.46. The second-order valence-corrected chi connectivity index (χ2v) is 5.87. The molecule has 0 aliphatic rings. The number of halogens is 1. The molecule has 0 bridgehead atoms. The summed E-state index contributed by atoms with van der Waals surface area (Å²) in [6, 6.07) is 17.5. The Labute approximate surface area is 148 Å². The average Bonchev–Trinajstić information content (AvgIpc) is 2.61. The van der Waals surface area contributed by atoms with Gasteiger partial charge in [0.1, 0.15) is 0 Å². The third-order valence-corrected chi connectivity index (χ3v) is 3.75. The van der Waals surface area contributed by atoms with Gasteiger partial charge in [-0.25, -0.2) is 4.79 Å². The Morgan fingerprint density at radius 2 is 1.67 bits per heavy atom. The summed E-state index contributed by atoms with van der Waals surface area (Å²) in [6.45, 7) is 2.42. The highest BCUT2D eigenvalue weighted by Crippen LogP contribution is 2.08. The predicted molar refractivity (Wildman–Crippen MR) is 97.3 cm³/mol. The minimum absolute atomic E-state index is 0.172. The van der Waals surface area contributed by atoms with Crippen LogP contribution in [0.3, 0.4) is 0 Å². The van der Waals surface area contributed by atoms with Crippen molar-refractivity contribution in [3.63, 3.8) is 0 Å². The van der Waals surface area contributed by atoms with Crippen molar-refractivity contribution in [1.82, 2.24) is 10.6 Å². The maximum absolute atomic E-state index is 11.7. The van der Waals surface area contributed by atoms with Crippen LogP contribution >= 0.6 is 11.6 Å². The lowest BCUT2D eigenvalue weighted by Crippen LogP contribution is -2.35. The van der Waals surface area contributed by atoms with Crippen molar-refractivity contribution in [1.29, 1.82) is 0 Å². The number of ether oxygens (including phenoxy) is 1. The normalized spacial score (nSPS) is 10.4. The largest absolute Gasteiger partial charge is 0.381 e. The van der Waals surface area contributed by atoms with E-state index in [0.717, 1.165) is 18.4 Å². The summed E-state index contributed by atoms with van der Waals surface area (Å²) in [4.78, 5) is 11.7. The van der Waals surface area contributed by atoms with Gasteiger partial charge in [-0.15, -0.1) is 0 Å². The van der Waals surface area contributed by atoms with Gasteiger partial charge >= 0.3 is 6.03 Å². The summed E-state index contributed by atoms with van der Waals surface area (Å²) < 4.78 is 5.58. The van der Waals surface area contributed by atoms with E-state index in [-0.39, 0.29) is 6.03 Å². The van der Waals surface area contributed by atoms with E-state index in [4.69, 9.17) is 16.3 Å². The van der Waals surface area contributed by atoms with E-state index < -0.39 is 0 Å². The monoisotopic (exact) mass is 346 g/mol. The summed E-state index contributed by atoms with van der Waals surface area (Å²) >= 11 is 5.82. The highest BCUT2D eigenvalue weighted by Gasteiger charge is 2.00. The van der Waals surface area contributed by atoms with Crippen LogP contribution in [-0.2, 0) is 17.7 Å². The molecule has 0 saturated heterocycles. The van der Waals surface area contributed by atoms with Gasteiger partial charge in [0.05, 0.1) is 6.61 Å². The number of hydrogen-bond donors (Lipinski definition) is 2. The molecular formula is C19H23ClN2O2. The topological polar surface area (TPSA) is 50.4 Å². The molecule has 128 valence electrons. The molecule has 0 fully saturated rings. The summed E-state index contributed by atoms with van der Waals surface area (Å²) in [7, 11) is 0. The third kappa shape index (κ3) is 7.49. The van der Waals surface area contributed by atoms with Crippen LogP contribution in [0.5, 0.6) is 0 Å². The Morgan fingerprint density at radius 3 is 2.42 bits per heavy atom. The average molecular weight is 347 g/mol. The molecule has 2 amide bonds. The van der Waals surface area contributed by atoms with Crippen molar-refractivity contribution < 1.29 is 9.53 Å². The molecule has 0 radical (unpaired) electrons. The number of benzene rings is 2. The standard InChI is InChI=1S/C19H23ClN2O2/c20-18-9-7-17(8-10-18)15-22-19(23)21-12-4-13-24-14-11-16-5-2-1-3-6-16/h1-3,5-10H,4,11-15H2,(H2,21,22,23). The van der Waals surface area contributed by atoms with Gasteiger partial charge in [-0.2, -0.15) is 0 Å². The molecule has 5 heteroatoms. The molecule has 0 heterocycles. The lowest BCUT2D eigenvalue weighted by Gasteiger charge is -2.08. The summed E-state index contributed by atoms with van der Waals surface area (Å²) in [5, 5.41) is 6.32. The molecule has 2 N–H and O–H groups in total. The van der Waals surface area contributed by atoms with Gasteiger partial charge in [-0.05, 0) is 36.1 Å². The van der Waals surface area contributed by atoms with Gasteiger partial charge in [0.15, 0.2) is 0 Å². The highest BCUT2D eigenvalue weighted by atomic mass is 35.5. The van der Waals surface area contributed by atoms with Gasteiger partial charge in [0.2, 0.25) is 0 Å². The number of nitrogens with one attached hydrogen (secondary N) is 2. The molecule has 0 aromatic heterocycles. The van der Waals surface area contributed by atoms with Crippen molar-refractivity contribution in [3.05, 3.63) is 70.7 Å². The van der Waals surface area contributed by atoms with Crippen molar-refractivity contribution in [2.45, 2.75) is 19.4 Å². The van der Waals surface area contributed by atoms with E-state index in [9.17, 15) is 4.79 Å². The minimum Gasteiger partial charge on any atom is -0.381 e. The van der Waals surface area contributed by atoms with Gasteiger partial charge in [-0.3, -0.25) is 0 Å². The SMILES string of the molecule is O=C(NCCCOCCc1ccccc1)NCc1ccc(Cl)cc1. The molecule has 0 aliphatic carbocycles. The molecule has 0 saturated carbocycles. The van der Waals surface area contributed by atoms with Crippen molar-refractivity contribution >= 4 is 17.6 Å². The van der Waals surface area contributed by atoms with Crippen LogP contribution in [0.25, 0.3) is 0 Å². The third-order valence-electron chi connectivity index (χ3n) is 3.50. The first kappa shape index (κ1) is 18.3. The van der Waals surface area contributed by atoms with Gasteiger partial charge < -0.3 is 15.4 Å². The molecule has 0 unspecified atom stereocenters. The summed E-state index contributed by atoms with van der Waals surface area (Å²) in [6.07, 6.45) is 1.71. The van der Waals surface area contributed by atoms with Gasteiger partial charge in [0, 0.05) is 24.7 Å². The molecule has 0 atom stereocenters. The Kier molecular flexibility index (Phi) is 8.15. The number of hydrogen-bond acceptors (Lipinski definition) is 2. The molecular weight excluding hydrogens is 324 g/mol. The number of carbonyl (C=O) groups is 1. The molecule has 0 spiro atoms. The number of urea groups is 1. The Bertz CT molecular complexity index is 603. The maximum atomic E-state index is 11.7. The molecule has 2 aromatic rings. The highest BCUT2D eigenvalue weighted by molar-refractivity contribution is 6.30. The summed E-state index contributed by atoms with van der Waals surface area (Å²) in [5.74, 6) is 0. The fraction of sp³-hybridized carbons (Fsp3) is 0.316. The fourth-order valence-electron chi connectivity index (χ4n) is 2.16. The van der Waals surface area contributed by atoms with E-state index in [2.05, 4.69) is 22.8 Å². The molecule has 2 rings (SSSR count). The van der Waals surface area contributed by atoms with E-state index in [1.165, 1.54) is 5.56 Å². The van der Waals surface area contributed by atoms with E-state index >= 15 is 0 Å². The number of carbonyl (C=O) groups excluding carboxylic acids is 1. The first-order valence-electron chi connectivity index (χ1n) is 8.12. The molecule has 24 heavy (non-hydrogen) atoms. The molecule has 0 aliphatic heterocycles. The fourth-order valence-corrected chi connectivity index (χ4v) is 2.29. The van der Waals surface area contributed by atoms with Crippen LogP contribution in [0.15, 0.2) is 54.6 Å². The smallest absolute Gasteiger partial charge is 0.315 e.